The van der Waals surface area contributed by atoms with E-state index in [1.54, 1.807) is 0 Å². The molecule has 0 amide bonds. The van der Waals surface area contributed by atoms with E-state index in [9.17, 15) is 0 Å². The summed E-state index contributed by atoms with van der Waals surface area (Å²) in [5.41, 5.74) is 5.92. The zero-order valence-electron chi connectivity index (χ0n) is 9.60. The standard InChI is InChI=1S/C12H26N2/c1-2-4-12(13)8-10-14-9-3-5-11-6-7-11/h11-12,14H,2-10,13H2,1H3. The Bertz CT molecular complexity index is 132. The molecule has 0 aliphatic heterocycles. The molecular formula is C12H26N2. The van der Waals surface area contributed by atoms with Crippen LogP contribution in [0.1, 0.15) is 51.9 Å². The van der Waals surface area contributed by atoms with Crippen LogP contribution < -0.4 is 11.1 Å². The highest BCUT2D eigenvalue weighted by atomic mass is 14.9. The summed E-state index contributed by atoms with van der Waals surface area (Å²) in [6.07, 6.45) is 9.29. The van der Waals surface area contributed by atoms with Gasteiger partial charge in [-0.15, -0.1) is 0 Å². The van der Waals surface area contributed by atoms with Gasteiger partial charge in [-0.1, -0.05) is 26.2 Å². The van der Waals surface area contributed by atoms with Crippen LogP contribution in [-0.4, -0.2) is 19.1 Å². The Kier molecular flexibility index (Phi) is 6.20. The van der Waals surface area contributed by atoms with Gasteiger partial charge in [-0.25, -0.2) is 0 Å². The van der Waals surface area contributed by atoms with Crippen molar-refractivity contribution in [2.75, 3.05) is 13.1 Å². The average molecular weight is 198 g/mol. The van der Waals surface area contributed by atoms with E-state index in [1.165, 1.54) is 45.1 Å². The summed E-state index contributed by atoms with van der Waals surface area (Å²) < 4.78 is 0. The molecule has 0 bridgehead atoms. The predicted molar refractivity (Wildman–Crippen MR) is 62.3 cm³/mol. The molecule has 1 aliphatic rings. The van der Waals surface area contributed by atoms with E-state index in [0.29, 0.717) is 6.04 Å². The van der Waals surface area contributed by atoms with Gasteiger partial charge in [0, 0.05) is 6.04 Å². The van der Waals surface area contributed by atoms with Crippen LogP contribution in [0.4, 0.5) is 0 Å². The highest BCUT2D eigenvalue weighted by Crippen LogP contribution is 2.33. The lowest BCUT2D eigenvalue weighted by molar-refractivity contribution is 0.515. The third kappa shape index (κ3) is 6.39. The maximum Gasteiger partial charge on any atom is 0.00508 e. The molecule has 1 saturated carbocycles. The molecule has 1 aliphatic carbocycles. The Hall–Kier alpha value is -0.0800. The van der Waals surface area contributed by atoms with Crippen molar-refractivity contribution in [3.63, 3.8) is 0 Å². The second-order valence-corrected chi connectivity index (χ2v) is 4.67. The lowest BCUT2D eigenvalue weighted by Gasteiger charge is -2.10. The van der Waals surface area contributed by atoms with Gasteiger partial charge in [0.15, 0.2) is 0 Å². The molecule has 14 heavy (non-hydrogen) atoms. The van der Waals surface area contributed by atoms with Gasteiger partial charge in [-0.2, -0.15) is 0 Å². The van der Waals surface area contributed by atoms with Crippen LogP contribution in [0, 0.1) is 5.92 Å². The Morgan fingerprint density at radius 1 is 1.29 bits per heavy atom. The first-order valence-corrected chi connectivity index (χ1v) is 6.29. The Balaban J connectivity index is 1.74. The minimum absolute atomic E-state index is 0.413. The van der Waals surface area contributed by atoms with Crippen LogP contribution in [0.3, 0.4) is 0 Å². The molecule has 0 radical (unpaired) electrons. The van der Waals surface area contributed by atoms with E-state index in [-0.39, 0.29) is 0 Å². The smallest absolute Gasteiger partial charge is 0.00508 e. The summed E-state index contributed by atoms with van der Waals surface area (Å²) in [5.74, 6) is 1.08. The minimum Gasteiger partial charge on any atom is -0.328 e. The molecule has 0 saturated heterocycles. The highest BCUT2D eigenvalue weighted by molar-refractivity contribution is 4.73. The number of hydrogen-bond donors (Lipinski definition) is 2. The number of hydrogen-bond acceptors (Lipinski definition) is 2. The molecular weight excluding hydrogens is 172 g/mol. The van der Waals surface area contributed by atoms with E-state index in [0.717, 1.165) is 18.9 Å². The zero-order valence-corrected chi connectivity index (χ0v) is 9.60. The van der Waals surface area contributed by atoms with Gasteiger partial charge in [0.2, 0.25) is 0 Å². The van der Waals surface area contributed by atoms with E-state index in [4.69, 9.17) is 5.73 Å². The van der Waals surface area contributed by atoms with Crippen LogP contribution in [0.2, 0.25) is 0 Å². The van der Waals surface area contributed by atoms with Gasteiger partial charge in [-0.05, 0) is 44.7 Å². The van der Waals surface area contributed by atoms with Crippen LogP contribution in [-0.2, 0) is 0 Å². The van der Waals surface area contributed by atoms with Crippen molar-refractivity contribution in [3.05, 3.63) is 0 Å². The van der Waals surface area contributed by atoms with Gasteiger partial charge in [-0.3, -0.25) is 0 Å². The molecule has 2 heteroatoms. The molecule has 1 fully saturated rings. The first-order valence-electron chi connectivity index (χ1n) is 6.29. The molecule has 1 rings (SSSR count). The first-order chi connectivity index (χ1) is 6.83. The summed E-state index contributed by atoms with van der Waals surface area (Å²) in [4.78, 5) is 0. The van der Waals surface area contributed by atoms with Gasteiger partial charge >= 0.3 is 0 Å². The summed E-state index contributed by atoms with van der Waals surface area (Å²) >= 11 is 0. The molecule has 0 aromatic heterocycles. The Labute approximate surface area is 88.6 Å². The number of rotatable bonds is 9. The van der Waals surface area contributed by atoms with Crippen LogP contribution >= 0.6 is 0 Å². The van der Waals surface area contributed by atoms with Crippen molar-refractivity contribution in [1.29, 1.82) is 0 Å². The van der Waals surface area contributed by atoms with Crippen molar-refractivity contribution in [2.24, 2.45) is 11.7 Å². The molecule has 3 N–H and O–H groups in total. The lowest BCUT2D eigenvalue weighted by atomic mass is 10.1. The second kappa shape index (κ2) is 7.24. The summed E-state index contributed by atoms with van der Waals surface area (Å²) in [7, 11) is 0. The van der Waals surface area contributed by atoms with Crippen molar-refractivity contribution in [1.82, 2.24) is 5.32 Å². The van der Waals surface area contributed by atoms with Crippen LogP contribution in [0.25, 0.3) is 0 Å². The third-order valence-corrected chi connectivity index (χ3v) is 3.01. The number of nitrogens with one attached hydrogen (secondary N) is 1. The first kappa shape index (κ1) is 12.0. The molecule has 0 heterocycles. The predicted octanol–water partition coefficient (Wildman–Crippen LogP) is 2.28. The maximum atomic E-state index is 5.92. The largest absolute Gasteiger partial charge is 0.328 e. The molecule has 1 unspecified atom stereocenters. The average Bonchev–Trinajstić information content (AvgIpc) is 2.95. The zero-order chi connectivity index (χ0) is 10.2. The normalized spacial score (nSPS) is 18.4. The lowest BCUT2D eigenvalue weighted by Crippen LogP contribution is -2.27. The Morgan fingerprint density at radius 3 is 2.71 bits per heavy atom. The SMILES string of the molecule is CCCC(N)CCNCCCC1CC1. The molecule has 1 atom stereocenters. The fourth-order valence-corrected chi connectivity index (χ4v) is 1.85. The van der Waals surface area contributed by atoms with Gasteiger partial charge in [0.1, 0.15) is 0 Å². The molecule has 0 aromatic rings. The summed E-state index contributed by atoms with van der Waals surface area (Å²) in [6, 6.07) is 0.413. The Morgan fingerprint density at radius 2 is 2.07 bits per heavy atom. The quantitative estimate of drug-likeness (QED) is 0.558. The van der Waals surface area contributed by atoms with E-state index in [2.05, 4.69) is 12.2 Å². The van der Waals surface area contributed by atoms with Gasteiger partial charge in [0.25, 0.3) is 0 Å². The van der Waals surface area contributed by atoms with Gasteiger partial charge in [0.05, 0.1) is 0 Å². The van der Waals surface area contributed by atoms with Crippen LogP contribution in [0.15, 0.2) is 0 Å². The fraction of sp³-hybridized carbons (Fsp3) is 1.00. The van der Waals surface area contributed by atoms with E-state index < -0.39 is 0 Å². The van der Waals surface area contributed by atoms with Gasteiger partial charge < -0.3 is 11.1 Å². The highest BCUT2D eigenvalue weighted by Gasteiger charge is 2.19. The minimum atomic E-state index is 0.413. The van der Waals surface area contributed by atoms with Crippen molar-refractivity contribution >= 4 is 0 Å². The van der Waals surface area contributed by atoms with Crippen LogP contribution in [0.5, 0.6) is 0 Å². The topological polar surface area (TPSA) is 38.0 Å². The maximum absolute atomic E-state index is 5.92. The molecule has 2 nitrogen and oxygen atoms in total. The van der Waals surface area contributed by atoms with E-state index in [1.807, 2.05) is 0 Å². The van der Waals surface area contributed by atoms with E-state index >= 15 is 0 Å². The summed E-state index contributed by atoms with van der Waals surface area (Å²) in [6.45, 7) is 4.49. The molecule has 84 valence electrons. The summed E-state index contributed by atoms with van der Waals surface area (Å²) in [5, 5.41) is 3.48. The monoisotopic (exact) mass is 198 g/mol. The molecule has 0 spiro atoms. The third-order valence-electron chi connectivity index (χ3n) is 3.01. The second-order valence-electron chi connectivity index (χ2n) is 4.67. The van der Waals surface area contributed by atoms with Crippen molar-refractivity contribution < 1.29 is 0 Å². The van der Waals surface area contributed by atoms with Crippen molar-refractivity contribution in [3.8, 4) is 0 Å². The molecule has 0 aromatic carbocycles. The fourth-order valence-electron chi connectivity index (χ4n) is 1.85. The number of nitrogens with two attached hydrogens (primary N) is 1. The van der Waals surface area contributed by atoms with Crippen molar-refractivity contribution in [2.45, 2.75) is 57.9 Å².